The van der Waals surface area contributed by atoms with Crippen LogP contribution in [0, 0.1) is 0 Å². The van der Waals surface area contributed by atoms with Crippen LogP contribution >= 0.6 is 34.8 Å². The van der Waals surface area contributed by atoms with Gasteiger partial charge in [0.15, 0.2) is 0 Å². The molecule has 3 rings (SSSR count). The molecule has 1 fully saturated rings. The summed E-state index contributed by atoms with van der Waals surface area (Å²) in [5, 5.41) is 6.64. The average Bonchev–Trinajstić information content (AvgIpc) is 2.71. The highest BCUT2D eigenvalue weighted by Crippen LogP contribution is 2.32. The van der Waals surface area contributed by atoms with E-state index in [2.05, 4.69) is 10.6 Å². The molecule has 0 radical (unpaired) electrons. The van der Waals surface area contributed by atoms with Gasteiger partial charge in [0.05, 0.1) is 27.3 Å². The summed E-state index contributed by atoms with van der Waals surface area (Å²) in [6.07, 6.45) is 3.30. The summed E-state index contributed by atoms with van der Waals surface area (Å²) in [5.41, 5.74) is 1.79. The van der Waals surface area contributed by atoms with Crippen LogP contribution in [0.2, 0.25) is 15.1 Å². The van der Waals surface area contributed by atoms with Crippen molar-refractivity contribution in [3.05, 3.63) is 57.0 Å². The summed E-state index contributed by atoms with van der Waals surface area (Å²) in [4.78, 5) is 26.5. The van der Waals surface area contributed by atoms with Gasteiger partial charge in [-0.15, -0.1) is 0 Å². The second kappa shape index (κ2) is 9.50. The predicted molar refractivity (Wildman–Crippen MR) is 115 cm³/mol. The number of rotatable bonds is 5. The minimum absolute atomic E-state index is 0.0377. The number of amides is 2. The van der Waals surface area contributed by atoms with E-state index < -0.39 is 0 Å². The molecule has 2 aromatic rings. The number of benzene rings is 2. The zero-order chi connectivity index (χ0) is 20.1. The number of anilines is 2. The maximum Gasteiger partial charge on any atom is 0.253 e. The summed E-state index contributed by atoms with van der Waals surface area (Å²) in [6, 6.07) is 10.1. The standard InChI is InChI=1S/C20H20Cl3N3O2/c21-15-10-17(23)18(11-16(15)22)25-19(27)12-24-14-6-4-13(5-7-14)20(28)26-8-2-1-3-9-26/h4-7,10-11,24H,1-3,8-9,12H2,(H,25,27). The Morgan fingerprint density at radius 1 is 0.893 bits per heavy atom. The van der Waals surface area contributed by atoms with Gasteiger partial charge >= 0.3 is 0 Å². The number of carbonyl (C=O) groups excluding carboxylic acids is 2. The van der Waals surface area contributed by atoms with Crippen LogP contribution in [0.4, 0.5) is 11.4 Å². The topological polar surface area (TPSA) is 61.4 Å². The van der Waals surface area contributed by atoms with Crippen LogP contribution < -0.4 is 10.6 Å². The first-order chi connectivity index (χ1) is 13.4. The number of halogens is 3. The average molecular weight is 441 g/mol. The first kappa shape index (κ1) is 20.8. The third-order valence-electron chi connectivity index (χ3n) is 4.51. The molecule has 0 unspecified atom stereocenters. The van der Waals surface area contributed by atoms with Gasteiger partial charge in [-0.3, -0.25) is 9.59 Å². The molecule has 5 nitrogen and oxygen atoms in total. The molecular weight excluding hydrogens is 421 g/mol. The summed E-state index contributed by atoms with van der Waals surface area (Å²) in [6.45, 7) is 1.67. The molecule has 1 aliphatic heterocycles. The quantitative estimate of drug-likeness (QED) is 0.618. The van der Waals surface area contributed by atoms with Gasteiger partial charge in [0, 0.05) is 24.3 Å². The Labute approximate surface area is 178 Å². The van der Waals surface area contributed by atoms with Gasteiger partial charge < -0.3 is 15.5 Å². The van der Waals surface area contributed by atoms with Gasteiger partial charge in [-0.2, -0.15) is 0 Å². The highest BCUT2D eigenvalue weighted by Gasteiger charge is 2.18. The fourth-order valence-corrected chi connectivity index (χ4v) is 3.60. The van der Waals surface area contributed by atoms with Crippen molar-refractivity contribution in [3.8, 4) is 0 Å². The van der Waals surface area contributed by atoms with E-state index in [1.165, 1.54) is 18.6 Å². The van der Waals surface area contributed by atoms with Crippen molar-refractivity contribution in [1.82, 2.24) is 4.90 Å². The molecule has 0 atom stereocenters. The number of nitrogens with one attached hydrogen (secondary N) is 2. The van der Waals surface area contributed by atoms with E-state index in [1.807, 2.05) is 4.90 Å². The summed E-state index contributed by atoms with van der Waals surface area (Å²) in [5.74, 6) is -0.230. The second-order valence-electron chi connectivity index (χ2n) is 6.58. The van der Waals surface area contributed by atoms with Crippen LogP contribution in [0.25, 0.3) is 0 Å². The van der Waals surface area contributed by atoms with E-state index >= 15 is 0 Å². The smallest absolute Gasteiger partial charge is 0.253 e. The largest absolute Gasteiger partial charge is 0.376 e. The summed E-state index contributed by atoms with van der Waals surface area (Å²) in [7, 11) is 0. The molecule has 1 saturated heterocycles. The number of piperidine rings is 1. The summed E-state index contributed by atoms with van der Waals surface area (Å²) < 4.78 is 0. The zero-order valence-electron chi connectivity index (χ0n) is 15.1. The Bertz CT molecular complexity index is 866. The van der Waals surface area contributed by atoms with Crippen molar-refractivity contribution in [2.75, 3.05) is 30.3 Å². The van der Waals surface area contributed by atoms with Crippen molar-refractivity contribution >= 4 is 58.0 Å². The molecule has 2 aromatic carbocycles. The van der Waals surface area contributed by atoms with E-state index in [1.54, 1.807) is 24.3 Å². The highest BCUT2D eigenvalue weighted by atomic mass is 35.5. The van der Waals surface area contributed by atoms with Crippen LogP contribution in [0.15, 0.2) is 36.4 Å². The van der Waals surface area contributed by atoms with Gasteiger partial charge in [-0.25, -0.2) is 0 Å². The SMILES string of the molecule is O=C(CNc1ccc(C(=O)N2CCCCC2)cc1)Nc1cc(Cl)c(Cl)cc1Cl. The Kier molecular flexibility index (Phi) is 7.05. The number of likely N-dealkylation sites (tertiary alicyclic amines) is 1. The third kappa shape index (κ3) is 5.31. The van der Waals surface area contributed by atoms with Crippen LogP contribution in [0.5, 0.6) is 0 Å². The number of carbonyl (C=O) groups is 2. The van der Waals surface area contributed by atoms with Crippen LogP contribution in [0.3, 0.4) is 0 Å². The minimum atomic E-state index is -0.284. The Balaban J connectivity index is 1.54. The minimum Gasteiger partial charge on any atom is -0.376 e. The van der Waals surface area contributed by atoms with Crippen LogP contribution in [-0.4, -0.2) is 36.3 Å². The molecule has 0 saturated carbocycles. The van der Waals surface area contributed by atoms with Gasteiger partial charge in [0.2, 0.25) is 5.91 Å². The maximum absolute atomic E-state index is 12.5. The molecule has 28 heavy (non-hydrogen) atoms. The summed E-state index contributed by atoms with van der Waals surface area (Å²) >= 11 is 17.9. The van der Waals surface area contributed by atoms with Gasteiger partial charge in [0.25, 0.3) is 5.91 Å². The Morgan fingerprint density at radius 3 is 2.21 bits per heavy atom. The van der Waals surface area contributed by atoms with Crippen molar-refractivity contribution in [3.63, 3.8) is 0 Å². The first-order valence-corrected chi connectivity index (χ1v) is 10.1. The third-order valence-corrected chi connectivity index (χ3v) is 5.55. The monoisotopic (exact) mass is 439 g/mol. The molecule has 0 aromatic heterocycles. The van der Waals surface area contributed by atoms with Crippen LogP contribution in [0.1, 0.15) is 29.6 Å². The maximum atomic E-state index is 12.5. The predicted octanol–water partition coefficient (Wildman–Crippen LogP) is 5.32. The molecule has 0 bridgehead atoms. The van der Waals surface area contributed by atoms with E-state index in [0.717, 1.165) is 31.6 Å². The molecular formula is C20H20Cl3N3O2. The van der Waals surface area contributed by atoms with Crippen molar-refractivity contribution in [1.29, 1.82) is 0 Å². The molecule has 148 valence electrons. The normalized spacial score (nSPS) is 13.9. The number of hydrogen-bond donors (Lipinski definition) is 2. The van der Waals surface area contributed by atoms with E-state index in [-0.39, 0.29) is 18.4 Å². The first-order valence-electron chi connectivity index (χ1n) is 9.01. The molecule has 0 aliphatic carbocycles. The lowest BCUT2D eigenvalue weighted by Crippen LogP contribution is -2.35. The van der Waals surface area contributed by atoms with E-state index in [0.29, 0.717) is 26.3 Å². The lowest BCUT2D eigenvalue weighted by Gasteiger charge is -2.26. The number of nitrogens with zero attached hydrogens (tertiary/aromatic N) is 1. The highest BCUT2D eigenvalue weighted by molar-refractivity contribution is 6.44. The van der Waals surface area contributed by atoms with Gasteiger partial charge in [-0.1, -0.05) is 34.8 Å². The molecule has 1 heterocycles. The number of hydrogen-bond acceptors (Lipinski definition) is 3. The van der Waals surface area contributed by atoms with Crippen molar-refractivity contribution in [2.45, 2.75) is 19.3 Å². The van der Waals surface area contributed by atoms with Crippen LogP contribution in [-0.2, 0) is 4.79 Å². The molecule has 1 aliphatic rings. The van der Waals surface area contributed by atoms with Gasteiger partial charge in [0.1, 0.15) is 0 Å². The van der Waals surface area contributed by atoms with Crippen molar-refractivity contribution < 1.29 is 9.59 Å². The lowest BCUT2D eigenvalue weighted by atomic mass is 10.1. The van der Waals surface area contributed by atoms with Gasteiger partial charge in [-0.05, 0) is 55.7 Å². The van der Waals surface area contributed by atoms with E-state index in [9.17, 15) is 9.59 Å². The lowest BCUT2D eigenvalue weighted by molar-refractivity contribution is -0.114. The Hall–Kier alpha value is -1.95. The molecule has 8 heteroatoms. The van der Waals surface area contributed by atoms with E-state index in [4.69, 9.17) is 34.8 Å². The zero-order valence-corrected chi connectivity index (χ0v) is 17.4. The fraction of sp³-hybridized carbons (Fsp3) is 0.300. The molecule has 2 N–H and O–H groups in total. The second-order valence-corrected chi connectivity index (χ2v) is 7.80. The molecule has 2 amide bonds. The molecule has 0 spiro atoms. The fourth-order valence-electron chi connectivity index (χ4n) is 3.01. The Morgan fingerprint density at radius 2 is 1.54 bits per heavy atom. The van der Waals surface area contributed by atoms with Crippen molar-refractivity contribution in [2.24, 2.45) is 0 Å².